The summed E-state index contributed by atoms with van der Waals surface area (Å²) in [6.07, 6.45) is 1.08. The van der Waals surface area contributed by atoms with Crippen LogP contribution in [0.5, 0.6) is 11.6 Å². The first-order chi connectivity index (χ1) is 10.1. The lowest BCUT2D eigenvalue weighted by Crippen LogP contribution is -1.95. The average Bonchev–Trinajstić information content (AvgIpc) is 2.48. The van der Waals surface area contributed by atoms with E-state index in [1.54, 1.807) is 25.3 Å². The van der Waals surface area contributed by atoms with Crippen LogP contribution in [0.4, 0.5) is 0 Å². The van der Waals surface area contributed by atoms with Gasteiger partial charge in [-0.15, -0.1) is 0 Å². The normalized spacial score (nSPS) is 12.3. The molecule has 0 aliphatic heterocycles. The van der Waals surface area contributed by atoms with Gasteiger partial charge in [0.1, 0.15) is 5.52 Å². The number of aromatic nitrogens is 2. The molecule has 21 heavy (non-hydrogen) atoms. The molecule has 1 atom stereocenters. The molecule has 0 saturated heterocycles. The lowest BCUT2D eigenvalue weighted by Gasteiger charge is -2.09. The summed E-state index contributed by atoms with van der Waals surface area (Å²) in [7, 11) is 0. The summed E-state index contributed by atoms with van der Waals surface area (Å²) in [5.41, 5.74) is 2.52. The van der Waals surface area contributed by atoms with Gasteiger partial charge in [0.25, 0.3) is 0 Å². The molecule has 0 radical (unpaired) electrons. The Morgan fingerprint density at radius 2 is 1.95 bits per heavy atom. The first-order valence-corrected chi connectivity index (χ1v) is 6.82. The SMILES string of the molecule is Cc1ccc2cccc(Oc3ccc([C@@H](C)O)cn3)c2n1. The highest BCUT2D eigenvalue weighted by molar-refractivity contribution is 5.84. The van der Waals surface area contributed by atoms with Crippen LogP contribution in [0, 0.1) is 6.92 Å². The van der Waals surface area contributed by atoms with Crippen molar-refractivity contribution in [1.82, 2.24) is 9.97 Å². The van der Waals surface area contributed by atoms with Crippen LogP contribution in [0.25, 0.3) is 10.9 Å². The third kappa shape index (κ3) is 2.85. The number of nitrogens with zero attached hydrogens (tertiary/aromatic N) is 2. The number of aliphatic hydroxyl groups excluding tert-OH is 1. The molecule has 0 spiro atoms. The van der Waals surface area contributed by atoms with Gasteiger partial charge in [-0.3, -0.25) is 0 Å². The molecule has 0 saturated carbocycles. The zero-order chi connectivity index (χ0) is 14.8. The van der Waals surface area contributed by atoms with E-state index in [4.69, 9.17) is 4.74 Å². The fourth-order valence-electron chi connectivity index (χ4n) is 2.11. The Hall–Kier alpha value is -2.46. The lowest BCUT2D eigenvalue weighted by atomic mass is 10.2. The van der Waals surface area contributed by atoms with Crippen LogP contribution in [0.1, 0.15) is 24.3 Å². The van der Waals surface area contributed by atoms with Crippen molar-refractivity contribution in [2.45, 2.75) is 20.0 Å². The number of benzene rings is 1. The number of pyridine rings is 2. The number of aliphatic hydroxyl groups is 1. The fraction of sp³-hybridized carbons (Fsp3) is 0.176. The maximum absolute atomic E-state index is 9.49. The van der Waals surface area contributed by atoms with Crippen molar-refractivity contribution >= 4 is 10.9 Å². The van der Waals surface area contributed by atoms with Gasteiger partial charge in [-0.05, 0) is 37.6 Å². The number of hydrogen-bond donors (Lipinski definition) is 1. The molecule has 4 nitrogen and oxygen atoms in total. The molecule has 0 aliphatic carbocycles. The largest absolute Gasteiger partial charge is 0.437 e. The molecular formula is C17H16N2O2. The van der Waals surface area contributed by atoms with Crippen LogP contribution in [-0.2, 0) is 0 Å². The fourth-order valence-corrected chi connectivity index (χ4v) is 2.11. The number of hydrogen-bond acceptors (Lipinski definition) is 4. The monoisotopic (exact) mass is 280 g/mol. The molecule has 0 amide bonds. The third-order valence-corrected chi connectivity index (χ3v) is 3.28. The third-order valence-electron chi connectivity index (χ3n) is 3.28. The summed E-state index contributed by atoms with van der Waals surface area (Å²) in [5.74, 6) is 1.16. The standard InChI is InChI=1S/C17H16N2O2/c1-11-6-7-13-4-3-5-15(17(13)19-11)21-16-9-8-14(10-18-16)12(2)20/h3-10,12,20H,1-2H3/t12-/m1/s1. The highest BCUT2D eigenvalue weighted by Gasteiger charge is 2.07. The van der Waals surface area contributed by atoms with E-state index in [0.29, 0.717) is 11.6 Å². The number of aryl methyl sites for hydroxylation is 1. The van der Waals surface area contributed by atoms with Gasteiger partial charge in [-0.25, -0.2) is 9.97 Å². The molecule has 4 heteroatoms. The quantitative estimate of drug-likeness (QED) is 0.793. The minimum absolute atomic E-state index is 0.482. The second-order valence-corrected chi connectivity index (χ2v) is 4.99. The van der Waals surface area contributed by atoms with Crippen molar-refractivity contribution in [3.8, 4) is 11.6 Å². The zero-order valence-corrected chi connectivity index (χ0v) is 11.9. The van der Waals surface area contributed by atoms with Crippen molar-refractivity contribution in [3.63, 3.8) is 0 Å². The van der Waals surface area contributed by atoms with E-state index in [1.165, 1.54) is 0 Å². The lowest BCUT2D eigenvalue weighted by molar-refractivity contribution is 0.198. The topological polar surface area (TPSA) is 55.2 Å². The molecule has 0 aliphatic rings. The average molecular weight is 280 g/mol. The molecule has 3 rings (SSSR count). The van der Waals surface area contributed by atoms with Crippen molar-refractivity contribution in [2.75, 3.05) is 0 Å². The van der Waals surface area contributed by atoms with E-state index in [2.05, 4.69) is 9.97 Å². The first kappa shape index (κ1) is 13.5. The minimum Gasteiger partial charge on any atom is -0.437 e. The Kier molecular flexibility index (Phi) is 3.54. The molecule has 0 fully saturated rings. The summed E-state index contributed by atoms with van der Waals surface area (Å²) in [6, 6.07) is 13.3. The van der Waals surface area contributed by atoms with Gasteiger partial charge in [0.2, 0.25) is 5.88 Å². The van der Waals surface area contributed by atoms with E-state index in [1.807, 2.05) is 37.3 Å². The van der Waals surface area contributed by atoms with Crippen LogP contribution in [0.2, 0.25) is 0 Å². The summed E-state index contributed by atoms with van der Waals surface area (Å²) < 4.78 is 5.83. The Bertz CT molecular complexity index is 767. The van der Waals surface area contributed by atoms with Gasteiger partial charge in [0.05, 0.1) is 6.10 Å². The van der Waals surface area contributed by atoms with Crippen LogP contribution >= 0.6 is 0 Å². The van der Waals surface area contributed by atoms with Crippen LogP contribution in [-0.4, -0.2) is 15.1 Å². The molecule has 106 valence electrons. The Morgan fingerprint density at radius 3 is 2.67 bits per heavy atom. The molecule has 0 unspecified atom stereocenters. The smallest absolute Gasteiger partial charge is 0.219 e. The van der Waals surface area contributed by atoms with Crippen molar-refractivity contribution in [3.05, 3.63) is 59.9 Å². The predicted molar refractivity (Wildman–Crippen MR) is 81.4 cm³/mol. The van der Waals surface area contributed by atoms with E-state index < -0.39 is 6.10 Å². The summed E-state index contributed by atoms with van der Waals surface area (Å²) in [6.45, 7) is 3.65. The molecule has 2 aromatic heterocycles. The van der Waals surface area contributed by atoms with Crippen LogP contribution < -0.4 is 4.74 Å². The van der Waals surface area contributed by atoms with E-state index in [9.17, 15) is 5.11 Å². The Morgan fingerprint density at radius 1 is 1.10 bits per heavy atom. The Balaban J connectivity index is 1.96. The Labute approximate surface area is 123 Å². The van der Waals surface area contributed by atoms with Gasteiger partial charge in [0, 0.05) is 23.3 Å². The maximum atomic E-state index is 9.49. The number of rotatable bonds is 3. The van der Waals surface area contributed by atoms with Gasteiger partial charge in [0.15, 0.2) is 5.75 Å². The van der Waals surface area contributed by atoms with Crippen LogP contribution in [0.15, 0.2) is 48.7 Å². The molecule has 0 bridgehead atoms. The summed E-state index contributed by atoms with van der Waals surface area (Å²) in [4.78, 5) is 8.74. The van der Waals surface area contributed by atoms with E-state index >= 15 is 0 Å². The zero-order valence-electron chi connectivity index (χ0n) is 11.9. The number of fused-ring (bicyclic) bond motifs is 1. The van der Waals surface area contributed by atoms with Crippen LogP contribution in [0.3, 0.4) is 0 Å². The van der Waals surface area contributed by atoms with Crippen molar-refractivity contribution in [1.29, 1.82) is 0 Å². The minimum atomic E-state index is -0.534. The molecular weight excluding hydrogens is 264 g/mol. The summed E-state index contributed by atoms with van der Waals surface area (Å²) >= 11 is 0. The van der Waals surface area contributed by atoms with Crippen molar-refractivity contribution < 1.29 is 9.84 Å². The van der Waals surface area contributed by atoms with E-state index in [0.717, 1.165) is 22.2 Å². The maximum Gasteiger partial charge on any atom is 0.219 e. The summed E-state index contributed by atoms with van der Waals surface area (Å²) in [5, 5.41) is 10.5. The van der Waals surface area contributed by atoms with Gasteiger partial charge < -0.3 is 9.84 Å². The highest BCUT2D eigenvalue weighted by atomic mass is 16.5. The highest BCUT2D eigenvalue weighted by Crippen LogP contribution is 2.28. The van der Waals surface area contributed by atoms with Gasteiger partial charge in [-0.1, -0.05) is 18.2 Å². The second-order valence-electron chi connectivity index (χ2n) is 4.99. The van der Waals surface area contributed by atoms with Gasteiger partial charge in [-0.2, -0.15) is 0 Å². The van der Waals surface area contributed by atoms with E-state index in [-0.39, 0.29) is 0 Å². The number of para-hydroxylation sites is 1. The molecule has 3 aromatic rings. The van der Waals surface area contributed by atoms with Gasteiger partial charge >= 0.3 is 0 Å². The molecule has 1 N–H and O–H groups in total. The second kappa shape index (κ2) is 5.50. The molecule has 1 aromatic carbocycles. The predicted octanol–water partition coefficient (Wildman–Crippen LogP) is 3.78. The first-order valence-electron chi connectivity index (χ1n) is 6.82. The number of ether oxygens (including phenoxy) is 1. The molecule has 2 heterocycles. The van der Waals surface area contributed by atoms with Crippen molar-refractivity contribution in [2.24, 2.45) is 0 Å².